The molecule has 1 aliphatic heterocycles. The maximum Gasteiger partial charge on any atom is 0.258 e. The number of nitrogens with one attached hydrogen (secondary N) is 1. The number of hydrogen-bond donors (Lipinski definition) is 1. The minimum absolute atomic E-state index is 0.0530. The van der Waals surface area contributed by atoms with E-state index in [4.69, 9.17) is 0 Å². The molecule has 0 unspecified atom stereocenters. The molecule has 2 fully saturated rings. The molecule has 0 spiro atoms. The zero-order valence-electron chi connectivity index (χ0n) is 21.8. The van der Waals surface area contributed by atoms with E-state index in [1.807, 2.05) is 24.8 Å². The lowest BCUT2D eigenvalue weighted by Gasteiger charge is -2.28. The zero-order chi connectivity index (χ0) is 26.4. The van der Waals surface area contributed by atoms with Gasteiger partial charge in [-0.1, -0.05) is 25.0 Å². The van der Waals surface area contributed by atoms with Crippen molar-refractivity contribution in [2.75, 3.05) is 49.5 Å². The van der Waals surface area contributed by atoms with E-state index in [1.165, 1.54) is 18.2 Å². The topological polar surface area (TPSA) is 73.0 Å². The van der Waals surface area contributed by atoms with E-state index in [1.54, 1.807) is 23.1 Å². The molecule has 3 amide bonds. The highest BCUT2D eigenvalue weighted by Gasteiger charge is 2.29. The summed E-state index contributed by atoms with van der Waals surface area (Å²) >= 11 is 0. The van der Waals surface area contributed by atoms with E-state index in [0.717, 1.165) is 50.9 Å². The van der Waals surface area contributed by atoms with Crippen LogP contribution in [0.25, 0.3) is 0 Å². The Morgan fingerprint density at radius 3 is 2.35 bits per heavy atom. The van der Waals surface area contributed by atoms with Crippen LogP contribution in [0, 0.1) is 11.7 Å². The fourth-order valence-corrected chi connectivity index (χ4v) is 5.40. The number of hydrogen-bond acceptors (Lipinski definition) is 4. The summed E-state index contributed by atoms with van der Waals surface area (Å²) in [5.74, 6) is -0.862. The first-order chi connectivity index (χ1) is 17.9. The number of anilines is 2. The molecular formula is C29H37FN4O3. The van der Waals surface area contributed by atoms with E-state index in [0.29, 0.717) is 37.4 Å². The van der Waals surface area contributed by atoms with Crippen molar-refractivity contribution in [3.05, 3.63) is 59.4 Å². The largest absolute Gasteiger partial charge is 0.369 e. The van der Waals surface area contributed by atoms with E-state index >= 15 is 0 Å². The van der Waals surface area contributed by atoms with Gasteiger partial charge in [0.25, 0.3) is 11.8 Å². The molecule has 198 valence electrons. The number of carbonyl (C=O) groups excluding carboxylic acids is 3. The lowest BCUT2D eigenvalue weighted by Crippen LogP contribution is -2.38. The SMILES string of the molecule is CCN(CC)C(=O)c1cc(NC(=O)c2ccccc2F)ccc1N1CCCN(C(=O)C2CCCC2)CC1. The zero-order valence-corrected chi connectivity index (χ0v) is 21.8. The van der Waals surface area contributed by atoms with Crippen molar-refractivity contribution in [1.82, 2.24) is 9.80 Å². The van der Waals surface area contributed by atoms with Gasteiger partial charge in [0.05, 0.1) is 11.1 Å². The first kappa shape index (κ1) is 26.6. The highest BCUT2D eigenvalue weighted by atomic mass is 19.1. The molecule has 4 rings (SSSR count). The average Bonchev–Trinajstić information content (AvgIpc) is 3.34. The second-order valence-electron chi connectivity index (χ2n) is 9.79. The predicted molar refractivity (Wildman–Crippen MR) is 143 cm³/mol. The van der Waals surface area contributed by atoms with Gasteiger partial charge in [0.1, 0.15) is 5.82 Å². The summed E-state index contributed by atoms with van der Waals surface area (Å²) < 4.78 is 14.1. The number of rotatable bonds is 7. The molecule has 0 aromatic heterocycles. The summed E-state index contributed by atoms with van der Waals surface area (Å²) in [7, 11) is 0. The van der Waals surface area contributed by atoms with Crippen molar-refractivity contribution < 1.29 is 18.8 Å². The number of carbonyl (C=O) groups is 3. The summed E-state index contributed by atoms with van der Waals surface area (Å²) in [6.07, 6.45) is 5.06. The predicted octanol–water partition coefficient (Wildman–Crippen LogP) is 4.79. The Morgan fingerprint density at radius 1 is 0.919 bits per heavy atom. The molecule has 2 aromatic carbocycles. The van der Waals surface area contributed by atoms with E-state index < -0.39 is 11.7 Å². The van der Waals surface area contributed by atoms with E-state index in [9.17, 15) is 18.8 Å². The Balaban J connectivity index is 1.57. The third-order valence-electron chi connectivity index (χ3n) is 7.51. The molecular weight excluding hydrogens is 471 g/mol. The van der Waals surface area contributed by atoms with Crippen molar-refractivity contribution in [3.8, 4) is 0 Å². The lowest BCUT2D eigenvalue weighted by molar-refractivity contribution is -0.135. The summed E-state index contributed by atoms with van der Waals surface area (Å²) in [5, 5.41) is 2.74. The van der Waals surface area contributed by atoms with Gasteiger partial charge in [-0.3, -0.25) is 14.4 Å². The molecule has 1 N–H and O–H groups in total. The fourth-order valence-electron chi connectivity index (χ4n) is 5.40. The maximum atomic E-state index is 14.1. The molecule has 0 atom stereocenters. The molecule has 2 aliphatic rings. The van der Waals surface area contributed by atoms with Crippen LogP contribution in [0.15, 0.2) is 42.5 Å². The minimum atomic E-state index is -0.600. The molecule has 1 saturated heterocycles. The summed E-state index contributed by atoms with van der Waals surface area (Å²) in [5.41, 5.74) is 1.66. The number of nitrogens with zero attached hydrogens (tertiary/aromatic N) is 3. The normalized spacial score (nSPS) is 16.4. The number of halogens is 1. The smallest absolute Gasteiger partial charge is 0.258 e. The van der Waals surface area contributed by atoms with Crippen LogP contribution in [-0.2, 0) is 4.79 Å². The monoisotopic (exact) mass is 508 g/mol. The second-order valence-corrected chi connectivity index (χ2v) is 9.79. The van der Waals surface area contributed by atoms with Crippen LogP contribution in [0.2, 0.25) is 0 Å². The van der Waals surface area contributed by atoms with Gasteiger partial charge in [0, 0.05) is 56.6 Å². The van der Waals surface area contributed by atoms with Gasteiger partial charge in [-0.05, 0) is 63.4 Å². The highest BCUT2D eigenvalue weighted by molar-refractivity contribution is 6.06. The number of amides is 3. The molecule has 0 bridgehead atoms. The van der Waals surface area contributed by atoms with Crippen LogP contribution < -0.4 is 10.2 Å². The van der Waals surface area contributed by atoms with Gasteiger partial charge in [-0.25, -0.2) is 4.39 Å². The van der Waals surface area contributed by atoms with Crippen LogP contribution in [-0.4, -0.2) is 66.8 Å². The molecule has 0 radical (unpaired) electrons. The van der Waals surface area contributed by atoms with Crippen molar-refractivity contribution in [2.24, 2.45) is 5.92 Å². The molecule has 1 heterocycles. The number of benzene rings is 2. The summed E-state index contributed by atoms with van der Waals surface area (Å²) in [6, 6.07) is 11.1. The van der Waals surface area contributed by atoms with Crippen LogP contribution in [0.5, 0.6) is 0 Å². The van der Waals surface area contributed by atoms with Crippen LogP contribution >= 0.6 is 0 Å². The van der Waals surface area contributed by atoms with Crippen molar-refractivity contribution in [1.29, 1.82) is 0 Å². The minimum Gasteiger partial charge on any atom is -0.369 e. The van der Waals surface area contributed by atoms with Crippen molar-refractivity contribution >= 4 is 29.1 Å². The van der Waals surface area contributed by atoms with E-state index in [-0.39, 0.29) is 23.3 Å². The van der Waals surface area contributed by atoms with Gasteiger partial charge in [-0.2, -0.15) is 0 Å². The summed E-state index contributed by atoms with van der Waals surface area (Å²) in [6.45, 7) is 7.70. The van der Waals surface area contributed by atoms with Gasteiger partial charge < -0.3 is 20.0 Å². The molecule has 2 aromatic rings. The van der Waals surface area contributed by atoms with Gasteiger partial charge in [0.15, 0.2) is 0 Å². The standard InChI is InChI=1S/C29H37FN4O3/c1-3-32(4-2)29(37)24-20-22(31-27(35)23-12-7-8-13-25(23)30)14-15-26(24)33-16-9-17-34(19-18-33)28(36)21-10-5-6-11-21/h7-8,12-15,20-21H,3-6,9-11,16-19H2,1-2H3,(H,31,35). The first-order valence-corrected chi connectivity index (χ1v) is 13.5. The third-order valence-corrected chi connectivity index (χ3v) is 7.51. The Hall–Kier alpha value is -3.42. The highest BCUT2D eigenvalue weighted by Crippen LogP contribution is 2.30. The van der Waals surface area contributed by atoms with Gasteiger partial charge in [0.2, 0.25) is 5.91 Å². The first-order valence-electron chi connectivity index (χ1n) is 13.5. The second kappa shape index (κ2) is 12.2. The molecule has 8 heteroatoms. The van der Waals surface area contributed by atoms with Gasteiger partial charge in [-0.15, -0.1) is 0 Å². The van der Waals surface area contributed by atoms with Gasteiger partial charge >= 0.3 is 0 Å². The van der Waals surface area contributed by atoms with E-state index in [2.05, 4.69) is 10.2 Å². The van der Waals surface area contributed by atoms with Crippen LogP contribution in [0.1, 0.15) is 66.7 Å². The van der Waals surface area contributed by atoms with Crippen LogP contribution in [0.3, 0.4) is 0 Å². The summed E-state index contributed by atoms with van der Waals surface area (Å²) in [4.78, 5) is 45.1. The molecule has 37 heavy (non-hydrogen) atoms. The van der Waals surface area contributed by atoms with Crippen molar-refractivity contribution in [3.63, 3.8) is 0 Å². The Kier molecular flexibility index (Phi) is 8.79. The average molecular weight is 509 g/mol. The molecule has 1 saturated carbocycles. The van der Waals surface area contributed by atoms with Crippen LogP contribution in [0.4, 0.5) is 15.8 Å². The Labute approximate surface area is 218 Å². The molecule has 7 nitrogen and oxygen atoms in total. The lowest BCUT2D eigenvalue weighted by atomic mass is 10.1. The quantitative estimate of drug-likeness (QED) is 0.584. The molecule has 1 aliphatic carbocycles. The Bertz CT molecular complexity index is 1130. The Morgan fingerprint density at radius 2 is 1.65 bits per heavy atom. The van der Waals surface area contributed by atoms with Crippen molar-refractivity contribution in [2.45, 2.75) is 46.0 Å². The third kappa shape index (κ3) is 6.12. The maximum absolute atomic E-state index is 14.1. The fraction of sp³-hybridized carbons (Fsp3) is 0.483.